The minimum atomic E-state index is -0.722. The van der Waals surface area contributed by atoms with E-state index in [1.54, 1.807) is 12.1 Å². The molecule has 108 valence electrons. The second-order valence-electron chi connectivity index (χ2n) is 4.79. The monoisotopic (exact) mass is 283 g/mol. The number of pyridine rings is 1. The van der Waals surface area contributed by atoms with Gasteiger partial charge in [-0.25, -0.2) is 4.98 Å². The predicted molar refractivity (Wildman–Crippen MR) is 80.6 cm³/mol. The number of carbonyl (C=O) groups excluding carboxylic acids is 2. The quantitative estimate of drug-likeness (QED) is 0.846. The lowest BCUT2D eigenvalue weighted by Crippen LogP contribution is -2.35. The Balaban J connectivity index is 1.88. The van der Waals surface area contributed by atoms with Crippen LogP contribution in [0.15, 0.2) is 42.5 Å². The lowest BCUT2D eigenvalue weighted by atomic mass is 10.1. The van der Waals surface area contributed by atoms with Crippen molar-refractivity contribution in [2.75, 3.05) is 5.32 Å². The summed E-state index contributed by atoms with van der Waals surface area (Å²) in [6.07, 6.45) is 0. The average Bonchev–Trinajstić information content (AvgIpc) is 2.46. The Morgan fingerprint density at radius 2 is 1.71 bits per heavy atom. The molecule has 0 unspecified atom stereocenters. The highest BCUT2D eigenvalue weighted by molar-refractivity contribution is 6.39. The van der Waals surface area contributed by atoms with Gasteiger partial charge in [0.05, 0.1) is 0 Å². The van der Waals surface area contributed by atoms with Gasteiger partial charge in [0, 0.05) is 12.2 Å². The molecule has 1 aromatic carbocycles. The summed E-state index contributed by atoms with van der Waals surface area (Å²) >= 11 is 0. The van der Waals surface area contributed by atoms with E-state index in [0.717, 1.165) is 16.8 Å². The summed E-state index contributed by atoms with van der Waals surface area (Å²) in [7, 11) is 0. The Bertz CT molecular complexity index is 651. The van der Waals surface area contributed by atoms with Crippen LogP contribution < -0.4 is 10.6 Å². The third-order valence-electron chi connectivity index (χ3n) is 2.91. The van der Waals surface area contributed by atoms with Gasteiger partial charge in [0.1, 0.15) is 5.82 Å². The third kappa shape index (κ3) is 4.42. The van der Waals surface area contributed by atoms with E-state index in [2.05, 4.69) is 15.6 Å². The van der Waals surface area contributed by atoms with Crippen molar-refractivity contribution in [1.29, 1.82) is 0 Å². The minimum absolute atomic E-state index is 0.313. The summed E-state index contributed by atoms with van der Waals surface area (Å²) in [5, 5.41) is 5.04. The number of aryl methyl sites for hydroxylation is 2. The van der Waals surface area contributed by atoms with E-state index in [-0.39, 0.29) is 0 Å². The fourth-order valence-electron chi connectivity index (χ4n) is 1.75. The number of carbonyl (C=O) groups is 2. The fraction of sp³-hybridized carbons (Fsp3) is 0.188. The lowest BCUT2D eigenvalue weighted by Gasteiger charge is -2.07. The molecule has 5 heteroatoms. The Kier molecular flexibility index (Phi) is 4.66. The van der Waals surface area contributed by atoms with E-state index in [1.807, 2.05) is 44.2 Å². The summed E-state index contributed by atoms with van der Waals surface area (Å²) in [6.45, 7) is 4.12. The first-order valence-electron chi connectivity index (χ1n) is 6.63. The molecule has 1 heterocycles. The highest BCUT2D eigenvalue weighted by Gasteiger charge is 2.13. The van der Waals surface area contributed by atoms with Crippen molar-refractivity contribution in [3.63, 3.8) is 0 Å². The van der Waals surface area contributed by atoms with Gasteiger partial charge in [-0.15, -0.1) is 0 Å². The molecule has 2 rings (SSSR count). The van der Waals surface area contributed by atoms with Gasteiger partial charge in [0.2, 0.25) is 0 Å². The molecule has 2 amide bonds. The molecule has 1 aromatic heterocycles. The molecule has 0 atom stereocenters. The first-order valence-corrected chi connectivity index (χ1v) is 6.63. The van der Waals surface area contributed by atoms with Crippen molar-refractivity contribution in [2.24, 2.45) is 0 Å². The topological polar surface area (TPSA) is 71.1 Å². The van der Waals surface area contributed by atoms with Crippen molar-refractivity contribution in [3.05, 3.63) is 59.3 Å². The molecule has 2 aromatic rings. The smallest absolute Gasteiger partial charge is 0.314 e. The van der Waals surface area contributed by atoms with E-state index < -0.39 is 11.8 Å². The summed E-state index contributed by atoms with van der Waals surface area (Å²) in [5.74, 6) is -1.04. The van der Waals surface area contributed by atoms with E-state index in [4.69, 9.17) is 0 Å². The first-order chi connectivity index (χ1) is 10.0. The molecule has 5 nitrogen and oxygen atoms in total. The molecule has 0 fully saturated rings. The number of hydrogen-bond acceptors (Lipinski definition) is 3. The molecule has 0 saturated carbocycles. The van der Waals surface area contributed by atoms with Crippen LogP contribution in [0.3, 0.4) is 0 Å². The zero-order valence-corrected chi connectivity index (χ0v) is 12.0. The molecular weight excluding hydrogens is 266 g/mol. The van der Waals surface area contributed by atoms with Crippen molar-refractivity contribution < 1.29 is 9.59 Å². The van der Waals surface area contributed by atoms with Crippen LogP contribution in [-0.2, 0) is 16.1 Å². The number of aromatic nitrogens is 1. The zero-order valence-electron chi connectivity index (χ0n) is 12.0. The Hall–Kier alpha value is -2.69. The Morgan fingerprint density at radius 1 is 1.00 bits per heavy atom. The van der Waals surface area contributed by atoms with Crippen LogP contribution in [-0.4, -0.2) is 16.8 Å². The predicted octanol–water partition coefficient (Wildman–Crippen LogP) is 1.95. The van der Waals surface area contributed by atoms with E-state index in [0.29, 0.717) is 12.4 Å². The zero-order chi connectivity index (χ0) is 15.2. The summed E-state index contributed by atoms with van der Waals surface area (Å²) in [5.41, 5.74) is 2.86. The number of benzene rings is 1. The maximum Gasteiger partial charge on any atom is 0.314 e. The van der Waals surface area contributed by atoms with E-state index in [1.165, 1.54) is 0 Å². The third-order valence-corrected chi connectivity index (χ3v) is 2.91. The SMILES string of the molecule is Cc1ccc(CNC(=O)C(=O)Nc2cccc(C)n2)cc1. The van der Waals surface area contributed by atoms with Crippen molar-refractivity contribution in [1.82, 2.24) is 10.3 Å². The van der Waals surface area contributed by atoms with Crippen molar-refractivity contribution in [2.45, 2.75) is 20.4 Å². The van der Waals surface area contributed by atoms with E-state index >= 15 is 0 Å². The van der Waals surface area contributed by atoms with Gasteiger partial charge in [0.15, 0.2) is 0 Å². The van der Waals surface area contributed by atoms with E-state index in [9.17, 15) is 9.59 Å². The van der Waals surface area contributed by atoms with Gasteiger partial charge in [0.25, 0.3) is 0 Å². The molecule has 0 radical (unpaired) electrons. The van der Waals surface area contributed by atoms with Gasteiger partial charge in [-0.1, -0.05) is 35.9 Å². The molecule has 0 spiro atoms. The number of amides is 2. The number of rotatable bonds is 3. The molecule has 0 aliphatic carbocycles. The molecule has 0 saturated heterocycles. The average molecular weight is 283 g/mol. The largest absolute Gasteiger partial charge is 0.344 e. The molecular formula is C16H17N3O2. The van der Waals surface area contributed by atoms with Crippen LogP contribution in [0.25, 0.3) is 0 Å². The van der Waals surface area contributed by atoms with Gasteiger partial charge in [-0.05, 0) is 31.5 Å². The van der Waals surface area contributed by atoms with Crippen molar-refractivity contribution >= 4 is 17.6 Å². The summed E-state index contributed by atoms with van der Waals surface area (Å²) in [4.78, 5) is 27.6. The van der Waals surface area contributed by atoms with Gasteiger partial charge in [-0.3, -0.25) is 9.59 Å². The van der Waals surface area contributed by atoms with Crippen LogP contribution in [0.2, 0.25) is 0 Å². The van der Waals surface area contributed by atoms with Crippen LogP contribution in [0.4, 0.5) is 5.82 Å². The Labute approximate surface area is 123 Å². The lowest BCUT2D eigenvalue weighted by molar-refractivity contribution is -0.136. The molecule has 0 aliphatic heterocycles. The first kappa shape index (κ1) is 14.7. The number of anilines is 1. The number of nitrogens with zero attached hydrogens (tertiary/aromatic N) is 1. The van der Waals surface area contributed by atoms with Crippen LogP contribution in [0.1, 0.15) is 16.8 Å². The molecule has 2 N–H and O–H groups in total. The molecule has 21 heavy (non-hydrogen) atoms. The van der Waals surface area contributed by atoms with Gasteiger partial charge < -0.3 is 10.6 Å². The molecule has 0 aliphatic rings. The summed E-state index contributed by atoms with van der Waals surface area (Å²) in [6, 6.07) is 13.0. The second-order valence-corrected chi connectivity index (χ2v) is 4.79. The standard InChI is InChI=1S/C16H17N3O2/c1-11-6-8-13(9-7-11)10-17-15(20)16(21)19-14-5-3-4-12(2)18-14/h3-9H,10H2,1-2H3,(H,17,20)(H,18,19,21). The van der Waals surface area contributed by atoms with Crippen LogP contribution in [0, 0.1) is 13.8 Å². The Morgan fingerprint density at radius 3 is 2.38 bits per heavy atom. The minimum Gasteiger partial charge on any atom is -0.344 e. The fourth-order valence-corrected chi connectivity index (χ4v) is 1.75. The highest BCUT2D eigenvalue weighted by Crippen LogP contribution is 2.04. The maximum absolute atomic E-state index is 11.7. The van der Waals surface area contributed by atoms with Gasteiger partial charge in [-0.2, -0.15) is 0 Å². The van der Waals surface area contributed by atoms with Crippen molar-refractivity contribution in [3.8, 4) is 0 Å². The number of hydrogen-bond donors (Lipinski definition) is 2. The maximum atomic E-state index is 11.7. The van der Waals surface area contributed by atoms with Gasteiger partial charge >= 0.3 is 11.8 Å². The second kappa shape index (κ2) is 6.65. The normalized spacial score (nSPS) is 10.0. The molecule has 0 bridgehead atoms. The van der Waals surface area contributed by atoms with Crippen LogP contribution in [0.5, 0.6) is 0 Å². The highest BCUT2D eigenvalue weighted by atomic mass is 16.2. The number of nitrogens with one attached hydrogen (secondary N) is 2. The van der Waals surface area contributed by atoms with Crippen LogP contribution >= 0.6 is 0 Å². The summed E-state index contributed by atoms with van der Waals surface area (Å²) < 4.78 is 0.